The lowest BCUT2D eigenvalue weighted by Crippen LogP contribution is -2.29. The molecule has 0 spiro atoms. The van der Waals surface area contributed by atoms with E-state index < -0.39 is 17.8 Å². The van der Waals surface area contributed by atoms with Crippen LogP contribution in [0.15, 0.2) is 42.5 Å². The van der Waals surface area contributed by atoms with Crippen molar-refractivity contribution in [2.75, 3.05) is 12.0 Å². The van der Waals surface area contributed by atoms with Gasteiger partial charge < -0.3 is 4.74 Å². The molecule has 1 aliphatic rings. The van der Waals surface area contributed by atoms with E-state index in [0.29, 0.717) is 16.6 Å². The Bertz CT molecular complexity index is 1130. The number of anilines is 1. The van der Waals surface area contributed by atoms with Crippen LogP contribution in [-0.2, 0) is 4.74 Å². The van der Waals surface area contributed by atoms with E-state index in [4.69, 9.17) is 4.74 Å². The van der Waals surface area contributed by atoms with Gasteiger partial charge in [0.25, 0.3) is 11.8 Å². The molecule has 3 aromatic rings. The number of ether oxygens (including phenoxy) is 1. The van der Waals surface area contributed by atoms with E-state index >= 15 is 0 Å². The largest absolute Gasteiger partial charge is 0.464 e. The monoisotopic (exact) mass is 360 g/mol. The number of aryl methyl sites for hydroxylation is 2. The van der Waals surface area contributed by atoms with E-state index in [-0.39, 0.29) is 16.8 Å². The summed E-state index contributed by atoms with van der Waals surface area (Å²) in [6, 6.07) is 12.4. The smallest absolute Gasteiger partial charge is 0.357 e. The Balaban J connectivity index is 2.02. The van der Waals surface area contributed by atoms with Gasteiger partial charge in [-0.2, -0.15) is 0 Å². The number of amides is 2. The number of nitrogens with zero attached hydrogens (tertiary/aromatic N) is 2. The van der Waals surface area contributed by atoms with Crippen molar-refractivity contribution in [1.82, 2.24) is 4.98 Å². The highest BCUT2D eigenvalue weighted by Crippen LogP contribution is 2.35. The highest BCUT2D eigenvalue weighted by molar-refractivity contribution is 6.39. The van der Waals surface area contributed by atoms with Crippen LogP contribution < -0.4 is 4.90 Å². The maximum absolute atomic E-state index is 13.2. The number of methoxy groups -OCH3 is 1. The first kappa shape index (κ1) is 16.9. The summed E-state index contributed by atoms with van der Waals surface area (Å²) in [5, 5.41) is 0.547. The number of imide groups is 1. The second kappa shape index (κ2) is 6.02. The summed E-state index contributed by atoms with van der Waals surface area (Å²) in [5.41, 5.74) is 2.88. The first-order chi connectivity index (χ1) is 12.9. The molecule has 2 aromatic carbocycles. The van der Waals surface area contributed by atoms with E-state index in [1.54, 1.807) is 24.3 Å². The lowest BCUT2D eigenvalue weighted by Gasteiger charge is -2.14. The zero-order valence-electron chi connectivity index (χ0n) is 15.1. The molecule has 2 amide bonds. The minimum absolute atomic E-state index is 0.00877. The topological polar surface area (TPSA) is 76.6 Å². The maximum atomic E-state index is 13.2. The van der Waals surface area contributed by atoms with Crippen molar-refractivity contribution >= 4 is 34.4 Å². The molecule has 0 unspecified atom stereocenters. The van der Waals surface area contributed by atoms with E-state index in [0.717, 1.165) is 16.0 Å². The Kier molecular flexibility index (Phi) is 3.77. The molecule has 0 saturated carbocycles. The van der Waals surface area contributed by atoms with Crippen LogP contribution in [0.1, 0.15) is 42.3 Å². The maximum Gasteiger partial charge on any atom is 0.357 e. The van der Waals surface area contributed by atoms with Crippen LogP contribution in [0.5, 0.6) is 0 Å². The lowest BCUT2D eigenvalue weighted by molar-refractivity contribution is 0.0590. The van der Waals surface area contributed by atoms with Crippen LogP contribution >= 0.6 is 0 Å². The van der Waals surface area contributed by atoms with Gasteiger partial charge in [0, 0.05) is 5.39 Å². The third-order valence-corrected chi connectivity index (χ3v) is 4.65. The van der Waals surface area contributed by atoms with Crippen molar-refractivity contribution in [1.29, 1.82) is 0 Å². The van der Waals surface area contributed by atoms with Crippen molar-refractivity contribution in [3.05, 3.63) is 70.4 Å². The Labute approximate surface area is 155 Å². The van der Waals surface area contributed by atoms with Crippen molar-refractivity contribution in [3.8, 4) is 0 Å². The van der Waals surface area contributed by atoms with Gasteiger partial charge in [-0.3, -0.25) is 9.59 Å². The Hall–Kier alpha value is -3.54. The van der Waals surface area contributed by atoms with Gasteiger partial charge in [-0.05, 0) is 38.1 Å². The highest BCUT2D eigenvalue weighted by Gasteiger charge is 2.42. The van der Waals surface area contributed by atoms with Gasteiger partial charge in [-0.1, -0.05) is 29.3 Å². The van der Waals surface area contributed by atoms with E-state index in [1.807, 2.05) is 32.0 Å². The number of carbonyl (C=O) groups is 3. The summed E-state index contributed by atoms with van der Waals surface area (Å²) in [4.78, 5) is 44.0. The molecular formula is C21H16N2O4. The summed E-state index contributed by atoms with van der Waals surface area (Å²) in [6.07, 6.45) is 0. The summed E-state index contributed by atoms with van der Waals surface area (Å²) < 4.78 is 4.79. The van der Waals surface area contributed by atoms with Gasteiger partial charge in [0.2, 0.25) is 0 Å². The Morgan fingerprint density at radius 2 is 1.56 bits per heavy atom. The first-order valence-corrected chi connectivity index (χ1v) is 8.40. The first-order valence-electron chi connectivity index (χ1n) is 8.40. The van der Waals surface area contributed by atoms with E-state index in [9.17, 15) is 14.4 Å². The molecule has 1 aromatic heterocycles. The second-order valence-corrected chi connectivity index (χ2v) is 6.50. The molecule has 2 heterocycles. The van der Waals surface area contributed by atoms with Crippen molar-refractivity contribution in [2.45, 2.75) is 13.8 Å². The summed E-state index contributed by atoms with van der Waals surface area (Å²) in [7, 11) is 1.22. The predicted molar refractivity (Wildman–Crippen MR) is 100 cm³/mol. The number of rotatable bonds is 2. The van der Waals surface area contributed by atoms with Crippen LogP contribution in [0, 0.1) is 13.8 Å². The van der Waals surface area contributed by atoms with Crippen LogP contribution in [0.3, 0.4) is 0 Å². The molecule has 0 N–H and O–H groups in total. The molecule has 0 fully saturated rings. The van der Waals surface area contributed by atoms with Gasteiger partial charge in [0.05, 0.1) is 29.4 Å². The molecule has 6 nitrogen and oxygen atoms in total. The number of hydrogen-bond acceptors (Lipinski definition) is 5. The summed E-state index contributed by atoms with van der Waals surface area (Å²) >= 11 is 0. The highest BCUT2D eigenvalue weighted by atomic mass is 16.5. The molecule has 0 radical (unpaired) electrons. The fourth-order valence-electron chi connectivity index (χ4n) is 3.30. The zero-order chi connectivity index (χ0) is 19.3. The predicted octanol–water partition coefficient (Wildman–Crippen LogP) is 3.44. The number of esters is 1. The fourth-order valence-corrected chi connectivity index (χ4v) is 3.30. The number of carbonyl (C=O) groups excluding carboxylic acids is 3. The van der Waals surface area contributed by atoms with Gasteiger partial charge >= 0.3 is 5.97 Å². The lowest BCUT2D eigenvalue weighted by atomic mass is 10.0. The fraction of sp³-hybridized carbons (Fsp3) is 0.143. The van der Waals surface area contributed by atoms with Crippen molar-refractivity contribution in [3.63, 3.8) is 0 Å². The van der Waals surface area contributed by atoms with Crippen LogP contribution in [0.25, 0.3) is 10.9 Å². The average Bonchev–Trinajstić information content (AvgIpc) is 2.93. The quantitative estimate of drug-likeness (QED) is 0.517. The molecule has 6 heteroatoms. The molecule has 0 saturated heterocycles. The third kappa shape index (κ3) is 2.49. The third-order valence-electron chi connectivity index (χ3n) is 4.65. The molecular weight excluding hydrogens is 344 g/mol. The number of fused-ring (bicyclic) bond motifs is 3. The van der Waals surface area contributed by atoms with Gasteiger partial charge in [0.15, 0.2) is 5.69 Å². The molecule has 0 bridgehead atoms. The zero-order valence-corrected chi connectivity index (χ0v) is 15.1. The van der Waals surface area contributed by atoms with Crippen LogP contribution in [0.4, 0.5) is 5.69 Å². The number of pyridine rings is 1. The SMILES string of the molecule is COC(=O)c1nc2ccc(C)cc2c2c1C(=O)N(c1ccc(C)cc1)C2=O. The van der Waals surface area contributed by atoms with Crippen LogP contribution in [-0.4, -0.2) is 29.9 Å². The van der Waals surface area contributed by atoms with Crippen molar-refractivity contribution in [2.24, 2.45) is 0 Å². The average molecular weight is 360 g/mol. The molecule has 134 valence electrons. The summed E-state index contributed by atoms with van der Waals surface area (Å²) in [5.74, 6) is -1.79. The van der Waals surface area contributed by atoms with Gasteiger partial charge in [-0.15, -0.1) is 0 Å². The molecule has 0 atom stereocenters. The van der Waals surface area contributed by atoms with Gasteiger partial charge in [-0.25, -0.2) is 14.7 Å². The van der Waals surface area contributed by atoms with E-state index in [2.05, 4.69) is 4.98 Å². The normalized spacial score (nSPS) is 13.2. The van der Waals surface area contributed by atoms with E-state index in [1.165, 1.54) is 7.11 Å². The number of benzene rings is 2. The molecule has 4 rings (SSSR count). The minimum atomic E-state index is -0.749. The van der Waals surface area contributed by atoms with Crippen molar-refractivity contribution < 1.29 is 19.1 Å². The summed E-state index contributed by atoms with van der Waals surface area (Å²) in [6.45, 7) is 3.81. The van der Waals surface area contributed by atoms with Gasteiger partial charge in [0.1, 0.15) is 0 Å². The molecule has 27 heavy (non-hydrogen) atoms. The second-order valence-electron chi connectivity index (χ2n) is 6.50. The Morgan fingerprint density at radius 3 is 2.22 bits per heavy atom. The Morgan fingerprint density at radius 1 is 0.926 bits per heavy atom. The standard InChI is InChI=1S/C21H16N2O4/c1-11-4-7-13(8-5-11)23-19(24)16-14-10-12(2)6-9-15(14)22-18(21(26)27-3)17(16)20(23)25/h4-10H,1-3H3. The number of hydrogen-bond donors (Lipinski definition) is 0. The minimum Gasteiger partial charge on any atom is -0.464 e. The molecule has 1 aliphatic heterocycles. The molecule has 0 aliphatic carbocycles. The van der Waals surface area contributed by atoms with Crippen LogP contribution in [0.2, 0.25) is 0 Å². The number of aromatic nitrogens is 1.